The van der Waals surface area contributed by atoms with Crippen LogP contribution >= 0.6 is 0 Å². The van der Waals surface area contributed by atoms with Crippen molar-refractivity contribution in [1.82, 2.24) is 0 Å². The quantitative estimate of drug-likeness (QED) is 0.535. The maximum absolute atomic E-state index is 13.1. The van der Waals surface area contributed by atoms with E-state index in [1.165, 1.54) is 4.31 Å². The van der Waals surface area contributed by atoms with Gasteiger partial charge in [0.2, 0.25) is 0 Å². The van der Waals surface area contributed by atoms with Crippen LogP contribution in [0.1, 0.15) is 5.56 Å². The average Bonchev–Trinajstić information content (AvgIpc) is 2.72. The predicted molar refractivity (Wildman–Crippen MR) is 108 cm³/mol. The second kappa shape index (κ2) is 8.56. The zero-order valence-electron chi connectivity index (χ0n) is 14.9. The minimum atomic E-state index is -3.69. The lowest BCUT2D eigenvalue weighted by atomic mass is 10.2. The molecule has 3 aromatic rings. The van der Waals surface area contributed by atoms with Crippen LogP contribution in [0.5, 0.6) is 5.75 Å². The summed E-state index contributed by atoms with van der Waals surface area (Å²) in [6.45, 7) is 4.27. The van der Waals surface area contributed by atoms with Crippen LogP contribution < -0.4 is 9.04 Å². The van der Waals surface area contributed by atoms with Crippen LogP contribution in [0.4, 0.5) is 5.69 Å². The summed E-state index contributed by atoms with van der Waals surface area (Å²) in [5.74, 6) is 0.605. The van der Waals surface area contributed by atoms with E-state index in [0.717, 1.165) is 5.56 Å². The van der Waals surface area contributed by atoms with Crippen LogP contribution in [-0.2, 0) is 16.6 Å². The van der Waals surface area contributed by atoms with Crippen molar-refractivity contribution in [3.63, 3.8) is 0 Å². The number of rotatable bonds is 8. The van der Waals surface area contributed by atoms with Crippen LogP contribution in [0.3, 0.4) is 0 Å². The van der Waals surface area contributed by atoms with Gasteiger partial charge in [-0.05, 0) is 29.8 Å². The Morgan fingerprint density at radius 2 is 1.56 bits per heavy atom. The molecule has 0 saturated heterocycles. The summed E-state index contributed by atoms with van der Waals surface area (Å²) < 4.78 is 33.3. The highest BCUT2D eigenvalue weighted by Crippen LogP contribution is 2.27. The molecule has 0 atom stereocenters. The Morgan fingerprint density at radius 1 is 0.889 bits per heavy atom. The second-order valence-corrected chi connectivity index (χ2v) is 7.77. The molecule has 0 amide bonds. The fraction of sp³-hybridized carbons (Fsp3) is 0.0909. The van der Waals surface area contributed by atoms with Crippen LogP contribution in [0, 0.1) is 0 Å². The molecule has 0 unspecified atom stereocenters. The van der Waals surface area contributed by atoms with E-state index in [4.69, 9.17) is 4.74 Å². The summed E-state index contributed by atoms with van der Waals surface area (Å²) in [6, 6.07) is 25.3. The Morgan fingerprint density at radius 3 is 2.22 bits per heavy atom. The highest BCUT2D eigenvalue weighted by atomic mass is 32.2. The van der Waals surface area contributed by atoms with Crippen LogP contribution in [0.15, 0.2) is 102 Å². The molecule has 3 aromatic carbocycles. The van der Waals surface area contributed by atoms with Gasteiger partial charge in [-0.25, -0.2) is 8.42 Å². The third kappa shape index (κ3) is 4.57. The smallest absolute Gasteiger partial charge is 0.264 e. The monoisotopic (exact) mass is 379 g/mol. The van der Waals surface area contributed by atoms with Crippen molar-refractivity contribution in [3.8, 4) is 5.75 Å². The van der Waals surface area contributed by atoms with Crippen molar-refractivity contribution in [2.45, 2.75) is 11.5 Å². The largest absolute Gasteiger partial charge is 0.489 e. The molecule has 0 saturated carbocycles. The first kappa shape index (κ1) is 18.7. The molecule has 138 valence electrons. The van der Waals surface area contributed by atoms with E-state index >= 15 is 0 Å². The fourth-order valence-electron chi connectivity index (χ4n) is 2.65. The summed E-state index contributed by atoms with van der Waals surface area (Å²) >= 11 is 0. The Labute approximate surface area is 160 Å². The number of ether oxygens (including phenoxy) is 1. The van der Waals surface area contributed by atoms with Crippen LogP contribution in [0.2, 0.25) is 0 Å². The maximum atomic E-state index is 13.1. The molecule has 0 N–H and O–H groups in total. The normalized spacial score (nSPS) is 11.0. The fourth-order valence-corrected chi connectivity index (χ4v) is 4.10. The molecule has 0 bridgehead atoms. The number of hydrogen-bond acceptors (Lipinski definition) is 3. The van der Waals surface area contributed by atoms with E-state index in [-0.39, 0.29) is 11.4 Å². The number of nitrogens with zero attached hydrogens (tertiary/aromatic N) is 1. The third-order valence-electron chi connectivity index (χ3n) is 3.98. The Kier molecular flexibility index (Phi) is 5.94. The molecule has 0 spiro atoms. The van der Waals surface area contributed by atoms with E-state index in [1.807, 2.05) is 36.4 Å². The van der Waals surface area contributed by atoms with Gasteiger partial charge in [-0.15, -0.1) is 6.58 Å². The molecule has 0 fully saturated rings. The molecular formula is C22H21NO3S. The molecule has 0 radical (unpaired) electrons. The van der Waals surface area contributed by atoms with Crippen molar-refractivity contribution in [1.29, 1.82) is 0 Å². The molecular weight excluding hydrogens is 358 g/mol. The molecule has 0 aromatic heterocycles. The highest BCUT2D eigenvalue weighted by Gasteiger charge is 2.24. The van der Waals surface area contributed by atoms with Crippen molar-refractivity contribution >= 4 is 15.7 Å². The van der Waals surface area contributed by atoms with Gasteiger partial charge in [0, 0.05) is 6.07 Å². The predicted octanol–water partition coefficient (Wildman–Crippen LogP) is 4.65. The molecule has 4 nitrogen and oxygen atoms in total. The van der Waals surface area contributed by atoms with Gasteiger partial charge >= 0.3 is 0 Å². The Balaban J connectivity index is 1.87. The first-order valence-corrected chi connectivity index (χ1v) is 10.0. The minimum Gasteiger partial charge on any atom is -0.489 e. The lowest BCUT2D eigenvalue weighted by molar-refractivity contribution is 0.306. The van der Waals surface area contributed by atoms with Gasteiger partial charge in [0.05, 0.1) is 17.1 Å². The second-order valence-electron chi connectivity index (χ2n) is 5.91. The zero-order valence-corrected chi connectivity index (χ0v) is 15.7. The first-order chi connectivity index (χ1) is 13.1. The lowest BCUT2D eigenvalue weighted by Gasteiger charge is -2.23. The van der Waals surface area contributed by atoms with Crippen molar-refractivity contribution < 1.29 is 13.2 Å². The van der Waals surface area contributed by atoms with E-state index in [0.29, 0.717) is 18.0 Å². The summed E-state index contributed by atoms with van der Waals surface area (Å²) in [7, 11) is -3.69. The number of anilines is 1. The van der Waals surface area contributed by atoms with Crippen molar-refractivity contribution in [3.05, 3.63) is 103 Å². The standard InChI is InChI=1S/C22H21NO3S/c1-2-16-23(27(24,25)22-14-7-4-8-15-22)20-12-9-13-21(17-20)26-18-19-10-5-3-6-11-19/h2-15,17H,1,16,18H2. The van der Waals surface area contributed by atoms with Crippen molar-refractivity contribution in [2.24, 2.45) is 0 Å². The number of benzene rings is 3. The van der Waals surface area contributed by atoms with E-state index in [1.54, 1.807) is 54.6 Å². The van der Waals surface area contributed by atoms with Gasteiger partial charge < -0.3 is 4.74 Å². The summed E-state index contributed by atoms with van der Waals surface area (Å²) in [6.07, 6.45) is 1.57. The average molecular weight is 379 g/mol. The van der Waals surface area contributed by atoms with Gasteiger partial charge in [-0.2, -0.15) is 0 Å². The topological polar surface area (TPSA) is 46.6 Å². The zero-order chi connectivity index (χ0) is 19.1. The highest BCUT2D eigenvalue weighted by molar-refractivity contribution is 7.92. The maximum Gasteiger partial charge on any atom is 0.264 e. The molecule has 0 heterocycles. The third-order valence-corrected chi connectivity index (χ3v) is 5.79. The van der Waals surface area contributed by atoms with Gasteiger partial charge in [-0.3, -0.25) is 4.31 Å². The van der Waals surface area contributed by atoms with Gasteiger partial charge in [0.25, 0.3) is 10.0 Å². The minimum absolute atomic E-state index is 0.166. The summed E-state index contributed by atoms with van der Waals surface area (Å²) in [5, 5.41) is 0. The molecule has 3 rings (SSSR count). The number of sulfonamides is 1. The SMILES string of the molecule is C=CCN(c1cccc(OCc2ccccc2)c1)S(=O)(=O)c1ccccc1. The molecule has 0 aliphatic heterocycles. The molecule has 27 heavy (non-hydrogen) atoms. The lowest BCUT2D eigenvalue weighted by Crippen LogP contribution is -2.31. The molecule has 0 aliphatic carbocycles. The van der Waals surface area contributed by atoms with Gasteiger partial charge in [-0.1, -0.05) is 60.7 Å². The Hall–Kier alpha value is -3.05. The van der Waals surface area contributed by atoms with Crippen molar-refractivity contribution in [2.75, 3.05) is 10.8 Å². The van der Waals surface area contributed by atoms with E-state index in [2.05, 4.69) is 6.58 Å². The van der Waals surface area contributed by atoms with Crippen LogP contribution in [-0.4, -0.2) is 15.0 Å². The van der Waals surface area contributed by atoms with Gasteiger partial charge in [0.1, 0.15) is 12.4 Å². The van der Waals surface area contributed by atoms with E-state index < -0.39 is 10.0 Å². The molecule has 0 aliphatic rings. The Bertz CT molecular complexity index is 986. The van der Waals surface area contributed by atoms with Gasteiger partial charge in [0.15, 0.2) is 0 Å². The summed E-state index contributed by atoms with van der Waals surface area (Å²) in [4.78, 5) is 0.238. The number of hydrogen-bond donors (Lipinski definition) is 0. The molecule has 5 heteroatoms. The van der Waals surface area contributed by atoms with Crippen LogP contribution in [0.25, 0.3) is 0 Å². The first-order valence-electron chi connectivity index (χ1n) is 8.57. The van der Waals surface area contributed by atoms with E-state index in [9.17, 15) is 8.42 Å². The summed E-state index contributed by atoms with van der Waals surface area (Å²) in [5.41, 5.74) is 1.58.